The number of halogens is 2. The Morgan fingerprint density at radius 3 is 2.16 bits per heavy atom. The molecular formula is C30H34Cl2N2O3. The molecule has 0 aliphatic rings. The van der Waals surface area contributed by atoms with Crippen LogP contribution >= 0.6 is 23.2 Å². The van der Waals surface area contributed by atoms with Crippen molar-refractivity contribution < 1.29 is 14.3 Å². The van der Waals surface area contributed by atoms with Crippen LogP contribution in [0.4, 0.5) is 0 Å². The summed E-state index contributed by atoms with van der Waals surface area (Å²) in [7, 11) is 0. The normalized spacial score (nSPS) is 12.4. The maximum atomic E-state index is 13.7. The van der Waals surface area contributed by atoms with Gasteiger partial charge in [-0.3, -0.25) is 9.59 Å². The summed E-state index contributed by atoms with van der Waals surface area (Å²) in [5.41, 5.74) is 1.58. The number of hydrogen-bond donors (Lipinski definition) is 1. The van der Waals surface area contributed by atoms with Gasteiger partial charge in [0.25, 0.3) is 0 Å². The Labute approximate surface area is 229 Å². The lowest BCUT2D eigenvalue weighted by atomic mass is 10.0. The molecule has 0 spiro atoms. The number of benzene rings is 3. The van der Waals surface area contributed by atoms with Gasteiger partial charge in [0.15, 0.2) is 0 Å². The molecular weight excluding hydrogens is 507 g/mol. The Bertz CT molecular complexity index is 1120. The highest BCUT2D eigenvalue weighted by Crippen LogP contribution is 2.27. The van der Waals surface area contributed by atoms with Crippen molar-refractivity contribution in [2.75, 3.05) is 6.61 Å². The van der Waals surface area contributed by atoms with E-state index >= 15 is 0 Å². The molecule has 196 valence electrons. The lowest BCUT2D eigenvalue weighted by Crippen LogP contribution is -2.52. The van der Waals surface area contributed by atoms with Crippen LogP contribution < -0.4 is 10.1 Å². The summed E-state index contributed by atoms with van der Waals surface area (Å²) in [5.74, 6) is 0.396. The first-order valence-corrected chi connectivity index (χ1v) is 13.4. The maximum absolute atomic E-state index is 13.7. The van der Waals surface area contributed by atoms with E-state index in [1.807, 2.05) is 74.5 Å². The summed E-state index contributed by atoms with van der Waals surface area (Å²) in [6, 6.07) is 23.7. The zero-order valence-electron chi connectivity index (χ0n) is 21.3. The monoisotopic (exact) mass is 540 g/mol. The number of para-hydroxylation sites is 1. The molecule has 0 aliphatic heterocycles. The van der Waals surface area contributed by atoms with Gasteiger partial charge in [-0.15, -0.1) is 0 Å². The van der Waals surface area contributed by atoms with E-state index < -0.39 is 6.04 Å². The van der Waals surface area contributed by atoms with Crippen molar-refractivity contribution in [1.29, 1.82) is 0 Å². The van der Waals surface area contributed by atoms with E-state index in [2.05, 4.69) is 5.32 Å². The highest BCUT2D eigenvalue weighted by molar-refractivity contribution is 6.36. The second-order valence-corrected chi connectivity index (χ2v) is 9.82. The summed E-state index contributed by atoms with van der Waals surface area (Å²) in [6.45, 7) is 4.48. The van der Waals surface area contributed by atoms with Gasteiger partial charge in [0, 0.05) is 41.0 Å². The number of ether oxygens (including phenoxy) is 1. The summed E-state index contributed by atoms with van der Waals surface area (Å²) in [5, 5.41) is 3.98. The molecule has 0 saturated carbocycles. The molecule has 0 fully saturated rings. The molecule has 0 radical (unpaired) electrons. The van der Waals surface area contributed by atoms with E-state index in [9.17, 15) is 9.59 Å². The maximum Gasteiger partial charge on any atom is 0.243 e. The van der Waals surface area contributed by atoms with Gasteiger partial charge >= 0.3 is 0 Å². The van der Waals surface area contributed by atoms with Crippen LogP contribution in [-0.4, -0.2) is 35.4 Å². The van der Waals surface area contributed by atoms with Crippen molar-refractivity contribution in [2.45, 2.75) is 58.2 Å². The Hall–Kier alpha value is -3.02. The van der Waals surface area contributed by atoms with Gasteiger partial charge < -0.3 is 15.0 Å². The van der Waals surface area contributed by atoms with Crippen LogP contribution in [-0.2, 0) is 22.6 Å². The summed E-state index contributed by atoms with van der Waals surface area (Å²) >= 11 is 13.0. The third-order valence-electron chi connectivity index (χ3n) is 6.21. The predicted octanol–water partition coefficient (Wildman–Crippen LogP) is 6.71. The molecule has 0 saturated heterocycles. The van der Waals surface area contributed by atoms with E-state index in [-0.39, 0.29) is 30.8 Å². The molecule has 1 N–H and O–H groups in total. The van der Waals surface area contributed by atoms with E-state index in [4.69, 9.17) is 27.9 Å². The zero-order chi connectivity index (χ0) is 26.6. The average molecular weight is 542 g/mol. The molecule has 37 heavy (non-hydrogen) atoms. The zero-order valence-corrected chi connectivity index (χ0v) is 22.8. The summed E-state index contributed by atoms with van der Waals surface area (Å²) < 4.78 is 5.77. The molecule has 3 aromatic rings. The molecule has 3 aromatic carbocycles. The topological polar surface area (TPSA) is 58.6 Å². The molecule has 0 aliphatic carbocycles. The summed E-state index contributed by atoms with van der Waals surface area (Å²) in [6.07, 6.45) is 1.88. The van der Waals surface area contributed by atoms with Gasteiger partial charge in [0.2, 0.25) is 11.8 Å². The van der Waals surface area contributed by atoms with Crippen molar-refractivity contribution in [3.05, 3.63) is 100 Å². The number of rotatable bonds is 13. The smallest absolute Gasteiger partial charge is 0.243 e. The van der Waals surface area contributed by atoms with Crippen LogP contribution in [0.15, 0.2) is 78.9 Å². The average Bonchev–Trinajstić information content (AvgIpc) is 2.91. The molecule has 2 amide bonds. The van der Waals surface area contributed by atoms with E-state index in [0.717, 1.165) is 17.7 Å². The fraction of sp³-hybridized carbons (Fsp3) is 0.333. The van der Waals surface area contributed by atoms with Gasteiger partial charge in [-0.2, -0.15) is 0 Å². The SMILES string of the molecule is CC[C@H](C)NC(=O)[C@H](Cc1ccccc1)N(Cc1c(Cl)cccc1Cl)C(=O)CCCOc1ccccc1. The second kappa shape index (κ2) is 14.7. The van der Waals surface area contributed by atoms with Crippen molar-refractivity contribution in [3.63, 3.8) is 0 Å². The number of carbonyl (C=O) groups excluding carboxylic acids is 2. The molecule has 2 atom stereocenters. The second-order valence-electron chi connectivity index (χ2n) is 9.01. The third kappa shape index (κ3) is 8.80. The standard InChI is InChI=1S/C30H34Cl2N2O3/c1-3-22(2)33-30(36)28(20-23-12-6-4-7-13-23)34(21-25-26(31)16-10-17-27(25)32)29(35)18-11-19-37-24-14-8-5-9-15-24/h4-10,12-17,22,28H,3,11,18-21H2,1-2H3,(H,33,36)/t22-,28-/m0/s1. The van der Waals surface area contributed by atoms with E-state index in [1.165, 1.54) is 0 Å². The molecule has 0 aromatic heterocycles. The van der Waals surface area contributed by atoms with Crippen LogP contribution in [0.5, 0.6) is 5.75 Å². The van der Waals surface area contributed by atoms with Crippen molar-refractivity contribution in [2.24, 2.45) is 0 Å². The molecule has 3 rings (SSSR count). The Kier molecular flexibility index (Phi) is 11.3. The highest BCUT2D eigenvalue weighted by atomic mass is 35.5. The third-order valence-corrected chi connectivity index (χ3v) is 6.92. The van der Waals surface area contributed by atoms with E-state index in [1.54, 1.807) is 23.1 Å². The fourth-order valence-corrected chi connectivity index (χ4v) is 4.44. The molecule has 7 heteroatoms. The minimum Gasteiger partial charge on any atom is -0.494 e. The molecule has 0 heterocycles. The minimum absolute atomic E-state index is 0.0223. The lowest BCUT2D eigenvalue weighted by molar-refractivity contribution is -0.141. The number of amides is 2. The Morgan fingerprint density at radius 2 is 1.54 bits per heavy atom. The van der Waals surface area contributed by atoms with Gasteiger partial charge in [0.1, 0.15) is 11.8 Å². The molecule has 5 nitrogen and oxygen atoms in total. The first-order chi connectivity index (χ1) is 17.9. The van der Waals surface area contributed by atoms with Gasteiger partial charge in [0.05, 0.1) is 6.61 Å². The number of carbonyl (C=O) groups is 2. The quantitative estimate of drug-likeness (QED) is 0.245. The first kappa shape index (κ1) is 28.5. The van der Waals surface area contributed by atoms with Crippen LogP contribution in [0.3, 0.4) is 0 Å². The van der Waals surface area contributed by atoms with Crippen molar-refractivity contribution in [3.8, 4) is 5.75 Å². The van der Waals surface area contributed by atoms with Crippen LogP contribution in [0.1, 0.15) is 44.2 Å². The van der Waals surface area contributed by atoms with Gasteiger partial charge in [-0.25, -0.2) is 0 Å². The van der Waals surface area contributed by atoms with Crippen LogP contribution in [0, 0.1) is 0 Å². The van der Waals surface area contributed by atoms with Gasteiger partial charge in [-0.05, 0) is 49.6 Å². The minimum atomic E-state index is -0.730. The van der Waals surface area contributed by atoms with Crippen LogP contribution in [0.2, 0.25) is 10.0 Å². The Morgan fingerprint density at radius 1 is 0.919 bits per heavy atom. The van der Waals surface area contributed by atoms with E-state index in [0.29, 0.717) is 35.1 Å². The number of hydrogen-bond acceptors (Lipinski definition) is 3. The number of nitrogens with zero attached hydrogens (tertiary/aromatic N) is 1. The first-order valence-electron chi connectivity index (χ1n) is 12.6. The van der Waals surface area contributed by atoms with Crippen LogP contribution in [0.25, 0.3) is 0 Å². The highest BCUT2D eigenvalue weighted by Gasteiger charge is 2.31. The summed E-state index contributed by atoms with van der Waals surface area (Å²) in [4.78, 5) is 28.8. The Balaban J connectivity index is 1.85. The molecule has 0 unspecified atom stereocenters. The fourth-order valence-electron chi connectivity index (χ4n) is 3.92. The predicted molar refractivity (Wildman–Crippen MR) is 150 cm³/mol. The largest absolute Gasteiger partial charge is 0.494 e. The number of nitrogens with one attached hydrogen (secondary N) is 1. The lowest BCUT2D eigenvalue weighted by Gasteiger charge is -2.33. The van der Waals surface area contributed by atoms with Gasteiger partial charge in [-0.1, -0.05) is 84.7 Å². The van der Waals surface area contributed by atoms with Crippen molar-refractivity contribution >= 4 is 35.0 Å². The molecule has 0 bridgehead atoms. The van der Waals surface area contributed by atoms with Crippen molar-refractivity contribution in [1.82, 2.24) is 10.2 Å².